The number of halogens is 1. The normalized spacial score (nSPS) is 9.85. The molecule has 0 radical (unpaired) electrons. The van der Waals surface area contributed by atoms with Crippen molar-refractivity contribution in [3.8, 4) is 11.8 Å². The summed E-state index contributed by atoms with van der Waals surface area (Å²) in [6, 6.07) is 15.9. The Morgan fingerprint density at radius 1 is 1.20 bits per heavy atom. The van der Waals surface area contributed by atoms with Crippen molar-refractivity contribution in [2.45, 2.75) is 13.5 Å². The Kier molecular flexibility index (Phi) is 5.03. The van der Waals surface area contributed by atoms with Gasteiger partial charge < -0.3 is 10.1 Å². The standard InChI is InChI=1S/C16H15BrN2O/c1-12-2-3-13(10-16(12)17)11-19-14-4-6-15(7-5-14)20-9-8-18/h2-7,10,19H,9,11H2,1H3. The molecule has 2 aromatic carbocycles. The molecule has 0 fully saturated rings. The lowest BCUT2D eigenvalue weighted by molar-refractivity contribution is 0.368. The third kappa shape index (κ3) is 4.01. The first-order valence-electron chi connectivity index (χ1n) is 6.28. The minimum atomic E-state index is 0.0736. The van der Waals surface area contributed by atoms with Crippen LogP contribution < -0.4 is 10.1 Å². The summed E-state index contributed by atoms with van der Waals surface area (Å²) in [5.41, 5.74) is 3.46. The van der Waals surface area contributed by atoms with E-state index < -0.39 is 0 Å². The Hall–Kier alpha value is -1.99. The number of nitrogens with zero attached hydrogens (tertiary/aromatic N) is 1. The molecule has 0 bridgehead atoms. The molecule has 2 aromatic rings. The summed E-state index contributed by atoms with van der Waals surface area (Å²) < 4.78 is 6.33. The summed E-state index contributed by atoms with van der Waals surface area (Å²) in [5.74, 6) is 0.704. The number of anilines is 1. The lowest BCUT2D eigenvalue weighted by Gasteiger charge is -2.09. The highest BCUT2D eigenvalue weighted by Crippen LogP contribution is 2.19. The topological polar surface area (TPSA) is 45.0 Å². The first kappa shape index (κ1) is 14.4. The molecule has 102 valence electrons. The van der Waals surface area contributed by atoms with Crippen LogP contribution in [0, 0.1) is 18.3 Å². The molecule has 0 aliphatic heterocycles. The van der Waals surface area contributed by atoms with E-state index in [1.807, 2.05) is 30.3 Å². The summed E-state index contributed by atoms with van der Waals surface area (Å²) in [6.45, 7) is 2.91. The van der Waals surface area contributed by atoms with E-state index in [-0.39, 0.29) is 6.61 Å². The van der Waals surface area contributed by atoms with Crippen LogP contribution in [0.4, 0.5) is 5.69 Å². The van der Waals surface area contributed by atoms with E-state index in [2.05, 4.69) is 46.4 Å². The second kappa shape index (κ2) is 6.97. The van der Waals surface area contributed by atoms with Crippen LogP contribution in [0.25, 0.3) is 0 Å². The van der Waals surface area contributed by atoms with Crippen LogP contribution in [0.5, 0.6) is 5.75 Å². The molecular formula is C16H15BrN2O. The molecule has 0 heterocycles. The first-order chi connectivity index (χ1) is 9.69. The molecule has 0 atom stereocenters. The van der Waals surface area contributed by atoms with Gasteiger partial charge in [-0.05, 0) is 48.4 Å². The maximum absolute atomic E-state index is 8.44. The monoisotopic (exact) mass is 330 g/mol. The number of nitriles is 1. The second-order valence-electron chi connectivity index (χ2n) is 4.41. The summed E-state index contributed by atoms with van der Waals surface area (Å²) in [6.07, 6.45) is 0. The van der Waals surface area contributed by atoms with Gasteiger partial charge in [0, 0.05) is 16.7 Å². The molecule has 0 amide bonds. The van der Waals surface area contributed by atoms with Crippen LogP contribution in [0.15, 0.2) is 46.9 Å². The van der Waals surface area contributed by atoms with Crippen molar-refractivity contribution in [2.75, 3.05) is 11.9 Å². The first-order valence-corrected chi connectivity index (χ1v) is 7.07. The summed E-state index contributed by atoms with van der Waals surface area (Å²) >= 11 is 3.54. The number of nitrogens with one attached hydrogen (secondary N) is 1. The van der Waals surface area contributed by atoms with Gasteiger partial charge in [-0.1, -0.05) is 28.1 Å². The van der Waals surface area contributed by atoms with E-state index in [1.54, 1.807) is 0 Å². The highest BCUT2D eigenvalue weighted by atomic mass is 79.9. The van der Waals surface area contributed by atoms with E-state index >= 15 is 0 Å². The average Bonchev–Trinajstić information content (AvgIpc) is 2.47. The van der Waals surface area contributed by atoms with Gasteiger partial charge in [0.15, 0.2) is 6.61 Å². The highest BCUT2D eigenvalue weighted by molar-refractivity contribution is 9.10. The Balaban J connectivity index is 1.93. The van der Waals surface area contributed by atoms with Crippen molar-refractivity contribution in [3.63, 3.8) is 0 Å². The third-order valence-electron chi connectivity index (χ3n) is 2.89. The molecule has 0 spiro atoms. The van der Waals surface area contributed by atoms with E-state index in [4.69, 9.17) is 10.00 Å². The molecule has 0 unspecified atom stereocenters. The van der Waals surface area contributed by atoms with Crippen molar-refractivity contribution in [1.82, 2.24) is 0 Å². The van der Waals surface area contributed by atoms with Crippen LogP contribution in [-0.2, 0) is 6.54 Å². The van der Waals surface area contributed by atoms with E-state index in [0.29, 0.717) is 5.75 Å². The van der Waals surface area contributed by atoms with E-state index in [0.717, 1.165) is 16.7 Å². The Bertz CT molecular complexity index is 617. The van der Waals surface area contributed by atoms with Gasteiger partial charge in [-0.2, -0.15) is 5.26 Å². The quantitative estimate of drug-likeness (QED) is 0.890. The maximum Gasteiger partial charge on any atom is 0.174 e. The van der Waals surface area contributed by atoms with Gasteiger partial charge in [0.1, 0.15) is 11.8 Å². The van der Waals surface area contributed by atoms with Gasteiger partial charge in [0.05, 0.1) is 0 Å². The Morgan fingerprint density at radius 3 is 2.60 bits per heavy atom. The summed E-state index contributed by atoms with van der Waals surface area (Å²) in [5, 5.41) is 11.8. The SMILES string of the molecule is Cc1ccc(CNc2ccc(OCC#N)cc2)cc1Br. The fourth-order valence-corrected chi connectivity index (χ4v) is 2.16. The van der Waals surface area contributed by atoms with Crippen molar-refractivity contribution < 1.29 is 4.74 Å². The van der Waals surface area contributed by atoms with Gasteiger partial charge in [-0.15, -0.1) is 0 Å². The predicted molar refractivity (Wildman–Crippen MR) is 83.8 cm³/mol. The Morgan fingerprint density at radius 2 is 1.95 bits per heavy atom. The average molecular weight is 331 g/mol. The fourth-order valence-electron chi connectivity index (χ4n) is 1.74. The molecule has 0 aromatic heterocycles. The summed E-state index contributed by atoms with van der Waals surface area (Å²) in [7, 11) is 0. The zero-order valence-electron chi connectivity index (χ0n) is 11.2. The van der Waals surface area contributed by atoms with Crippen LogP contribution in [0.3, 0.4) is 0 Å². The maximum atomic E-state index is 8.44. The molecule has 0 saturated heterocycles. The van der Waals surface area contributed by atoms with Crippen molar-refractivity contribution in [3.05, 3.63) is 58.1 Å². The number of hydrogen-bond acceptors (Lipinski definition) is 3. The van der Waals surface area contributed by atoms with Gasteiger partial charge in [0.2, 0.25) is 0 Å². The lowest BCUT2D eigenvalue weighted by atomic mass is 10.1. The van der Waals surface area contributed by atoms with Gasteiger partial charge >= 0.3 is 0 Å². The molecule has 2 rings (SSSR count). The smallest absolute Gasteiger partial charge is 0.174 e. The summed E-state index contributed by atoms with van der Waals surface area (Å²) in [4.78, 5) is 0. The minimum Gasteiger partial charge on any atom is -0.479 e. The van der Waals surface area contributed by atoms with Gasteiger partial charge in [-0.3, -0.25) is 0 Å². The molecule has 20 heavy (non-hydrogen) atoms. The van der Waals surface area contributed by atoms with Crippen molar-refractivity contribution >= 4 is 21.6 Å². The van der Waals surface area contributed by atoms with E-state index in [1.165, 1.54) is 11.1 Å². The number of benzene rings is 2. The molecular weight excluding hydrogens is 316 g/mol. The number of ether oxygens (including phenoxy) is 1. The number of hydrogen-bond donors (Lipinski definition) is 1. The zero-order chi connectivity index (χ0) is 14.4. The highest BCUT2D eigenvalue weighted by Gasteiger charge is 1.99. The molecule has 0 aliphatic rings. The zero-order valence-corrected chi connectivity index (χ0v) is 12.8. The van der Waals surface area contributed by atoms with E-state index in [9.17, 15) is 0 Å². The third-order valence-corrected chi connectivity index (χ3v) is 3.74. The molecule has 1 N–H and O–H groups in total. The number of rotatable bonds is 5. The molecule has 4 heteroatoms. The van der Waals surface area contributed by atoms with Gasteiger partial charge in [-0.25, -0.2) is 0 Å². The van der Waals surface area contributed by atoms with Gasteiger partial charge in [0.25, 0.3) is 0 Å². The van der Waals surface area contributed by atoms with Crippen LogP contribution >= 0.6 is 15.9 Å². The predicted octanol–water partition coefficient (Wildman–Crippen LogP) is 4.27. The largest absolute Gasteiger partial charge is 0.479 e. The molecule has 3 nitrogen and oxygen atoms in total. The van der Waals surface area contributed by atoms with Crippen molar-refractivity contribution in [2.24, 2.45) is 0 Å². The number of aryl methyl sites for hydroxylation is 1. The molecule has 0 aliphatic carbocycles. The molecule has 0 saturated carbocycles. The Labute approximate surface area is 127 Å². The fraction of sp³-hybridized carbons (Fsp3) is 0.188. The van der Waals surface area contributed by atoms with Crippen LogP contribution in [-0.4, -0.2) is 6.61 Å². The minimum absolute atomic E-state index is 0.0736. The van der Waals surface area contributed by atoms with Crippen molar-refractivity contribution in [1.29, 1.82) is 5.26 Å². The van der Waals surface area contributed by atoms with Crippen LogP contribution in [0.2, 0.25) is 0 Å². The lowest BCUT2D eigenvalue weighted by Crippen LogP contribution is -2.00. The van der Waals surface area contributed by atoms with Crippen LogP contribution in [0.1, 0.15) is 11.1 Å². The second-order valence-corrected chi connectivity index (χ2v) is 5.26.